The van der Waals surface area contributed by atoms with Crippen molar-refractivity contribution in [2.75, 3.05) is 40.3 Å². The number of likely N-dealkylation sites (tertiary alicyclic amines) is 2. The average Bonchev–Trinajstić information content (AvgIpc) is 2.49. The largest absolute Gasteiger partial charge is 0.324 e. The number of piperidine rings is 2. The Hall–Kier alpha value is -0.0800. The minimum Gasteiger partial charge on any atom is -0.324 e. The molecule has 2 heteroatoms. The van der Waals surface area contributed by atoms with Crippen molar-refractivity contribution in [3.05, 3.63) is 0 Å². The Balaban J connectivity index is 1.56. The first-order valence-electron chi connectivity index (χ1n) is 9.31. The van der Waals surface area contributed by atoms with Gasteiger partial charge in [-0.15, -0.1) is 0 Å². The molecule has 2 heterocycles. The van der Waals surface area contributed by atoms with Crippen LogP contribution in [0.4, 0.5) is 0 Å². The maximum Gasteiger partial charge on any atom is 0.0892 e. The summed E-state index contributed by atoms with van der Waals surface area (Å²) in [5.74, 6) is 0. The third-order valence-corrected chi connectivity index (χ3v) is 7.11. The standard InChI is InChI=1S/C18H36N2/c1-19(13-5-3-6-14-19)17-9-11-18(12-10-17)20(2)15-7-4-8-16-20/h17-18H,3-16H2,1-2H3/q+2. The number of rotatable bonds is 2. The van der Waals surface area contributed by atoms with Crippen molar-refractivity contribution in [1.82, 2.24) is 0 Å². The van der Waals surface area contributed by atoms with E-state index in [4.69, 9.17) is 0 Å². The maximum atomic E-state index is 2.56. The fourth-order valence-corrected chi connectivity index (χ4v) is 5.50. The third kappa shape index (κ3) is 2.92. The molecule has 0 N–H and O–H groups in total. The van der Waals surface area contributed by atoms with Gasteiger partial charge in [0.25, 0.3) is 0 Å². The van der Waals surface area contributed by atoms with E-state index < -0.39 is 0 Å². The molecule has 2 saturated heterocycles. The molecule has 1 saturated carbocycles. The number of hydrogen-bond donors (Lipinski definition) is 0. The van der Waals surface area contributed by atoms with Crippen LogP contribution < -0.4 is 0 Å². The molecular formula is C18H36N2+2. The van der Waals surface area contributed by atoms with Gasteiger partial charge >= 0.3 is 0 Å². The molecule has 3 aliphatic rings. The van der Waals surface area contributed by atoms with Gasteiger partial charge in [0.05, 0.1) is 52.4 Å². The predicted octanol–water partition coefficient (Wildman–Crippen LogP) is 3.56. The van der Waals surface area contributed by atoms with E-state index in [-0.39, 0.29) is 0 Å². The molecule has 2 nitrogen and oxygen atoms in total. The SMILES string of the molecule is C[N+]1(C2CCC([N+]3(C)CCCCC3)CC2)CCCCC1. The fraction of sp³-hybridized carbons (Fsp3) is 1.00. The van der Waals surface area contributed by atoms with Crippen LogP contribution in [0.2, 0.25) is 0 Å². The van der Waals surface area contributed by atoms with Crippen LogP contribution in [0, 0.1) is 0 Å². The second-order valence-electron chi connectivity index (χ2n) is 8.44. The van der Waals surface area contributed by atoms with Crippen LogP contribution in [0.5, 0.6) is 0 Å². The maximum absolute atomic E-state index is 2.56. The second kappa shape index (κ2) is 5.96. The molecule has 0 atom stereocenters. The number of hydrogen-bond acceptors (Lipinski definition) is 0. The van der Waals surface area contributed by atoms with Gasteiger partial charge in [0.1, 0.15) is 0 Å². The lowest BCUT2D eigenvalue weighted by atomic mass is 9.85. The van der Waals surface area contributed by atoms with Gasteiger partial charge in [-0.3, -0.25) is 0 Å². The van der Waals surface area contributed by atoms with Gasteiger partial charge in [0.2, 0.25) is 0 Å². The van der Waals surface area contributed by atoms with Crippen molar-refractivity contribution in [3.8, 4) is 0 Å². The Kier molecular flexibility index (Phi) is 4.42. The Morgan fingerprint density at radius 2 is 0.800 bits per heavy atom. The summed E-state index contributed by atoms with van der Waals surface area (Å²) in [5, 5.41) is 0. The minimum absolute atomic E-state index is 0.989. The van der Waals surface area contributed by atoms with Crippen LogP contribution in [0.3, 0.4) is 0 Å². The molecule has 3 fully saturated rings. The molecule has 0 spiro atoms. The zero-order valence-corrected chi connectivity index (χ0v) is 13.9. The first-order chi connectivity index (χ1) is 9.62. The molecule has 0 radical (unpaired) electrons. The van der Waals surface area contributed by atoms with Crippen molar-refractivity contribution in [3.63, 3.8) is 0 Å². The topological polar surface area (TPSA) is 0 Å². The molecule has 0 amide bonds. The van der Waals surface area contributed by atoms with Crippen molar-refractivity contribution in [2.45, 2.75) is 76.3 Å². The molecule has 0 aromatic rings. The summed E-state index contributed by atoms with van der Waals surface area (Å²) in [4.78, 5) is 0. The summed E-state index contributed by atoms with van der Waals surface area (Å²) in [6, 6.07) is 1.98. The second-order valence-corrected chi connectivity index (χ2v) is 8.44. The fourth-order valence-electron chi connectivity index (χ4n) is 5.50. The molecule has 3 rings (SSSR count). The van der Waals surface area contributed by atoms with E-state index >= 15 is 0 Å². The van der Waals surface area contributed by atoms with Crippen LogP contribution in [0.15, 0.2) is 0 Å². The summed E-state index contributed by atoms with van der Waals surface area (Å²) in [5.41, 5.74) is 0. The van der Waals surface area contributed by atoms with Crippen molar-refractivity contribution in [1.29, 1.82) is 0 Å². The Morgan fingerprint density at radius 1 is 0.500 bits per heavy atom. The lowest BCUT2D eigenvalue weighted by Crippen LogP contribution is -2.60. The molecule has 0 unspecified atom stereocenters. The van der Waals surface area contributed by atoms with Crippen molar-refractivity contribution in [2.24, 2.45) is 0 Å². The van der Waals surface area contributed by atoms with E-state index in [9.17, 15) is 0 Å². The van der Waals surface area contributed by atoms with E-state index in [1.165, 1.54) is 99.4 Å². The minimum atomic E-state index is 0.989. The van der Waals surface area contributed by atoms with Gasteiger partial charge in [-0.2, -0.15) is 0 Å². The van der Waals surface area contributed by atoms with Gasteiger partial charge < -0.3 is 8.97 Å². The van der Waals surface area contributed by atoms with Gasteiger partial charge in [-0.25, -0.2) is 0 Å². The first-order valence-corrected chi connectivity index (χ1v) is 9.31. The van der Waals surface area contributed by atoms with E-state index in [0.717, 1.165) is 12.1 Å². The lowest BCUT2D eigenvalue weighted by Gasteiger charge is -2.50. The highest BCUT2D eigenvalue weighted by atomic mass is 15.4. The average molecular weight is 280 g/mol. The predicted molar refractivity (Wildman–Crippen MR) is 85.6 cm³/mol. The monoisotopic (exact) mass is 280 g/mol. The summed E-state index contributed by atoms with van der Waals surface area (Å²) in [6.45, 7) is 5.84. The van der Waals surface area contributed by atoms with Crippen molar-refractivity contribution >= 4 is 0 Å². The van der Waals surface area contributed by atoms with Crippen LogP contribution in [-0.2, 0) is 0 Å². The van der Waals surface area contributed by atoms with Crippen molar-refractivity contribution < 1.29 is 8.97 Å². The molecule has 20 heavy (non-hydrogen) atoms. The molecule has 0 aromatic carbocycles. The van der Waals surface area contributed by atoms with Crippen LogP contribution in [-0.4, -0.2) is 61.3 Å². The summed E-state index contributed by atoms with van der Waals surface area (Å²) < 4.78 is 2.83. The first kappa shape index (κ1) is 14.8. The van der Waals surface area contributed by atoms with Gasteiger partial charge in [-0.1, -0.05) is 0 Å². The molecule has 2 aliphatic heterocycles. The van der Waals surface area contributed by atoms with E-state index in [1.54, 1.807) is 0 Å². The van der Waals surface area contributed by atoms with E-state index in [0.29, 0.717) is 0 Å². The lowest BCUT2D eigenvalue weighted by molar-refractivity contribution is -0.952. The molecule has 1 aliphatic carbocycles. The highest BCUT2D eigenvalue weighted by Crippen LogP contribution is 2.35. The highest BCUT2D eigenvalue weighted by molar-refractivity contribution is 4.76. The van der Waals surface area contributed by atoms with Crippen LogP contribution in [0.25, 0.3) is 0 Å². The van der Waals surface area contributed by atoms with Gasteiger partial charge in [0, 0.05) is 25.7 Å². The highest BCUT2D eigenvalue weighted by Gasteiger charge is 2.42. The van der Waals surface area contributed by atoms with E-state index in [2.05, 4.69) is 14.1 Å². The zero-order valence-electron chi connectivity index (χ0n) is 13.9. The normalized spacial score (nSPS) is 37.5. The number of quaternary nitrogens is 2. The number of nitrogens with zero attached hydrogens (tertiary/aromatic N) is 2. The van der Waals surface area contributed by atoms with Gasteiger partial charge in [-0.05, 0) is 38.5 Å². The van der Waals surface area contributed by atoms with Gasteiger partial charge in [0.15, 0.2) is 0 Å². The molecule has 116 valence electrons. The summed E-state index contributed by atoms with van der Waals surface area (Å²) >= 11 is 0. The third-order valence-electron chi connectivity index (χ3n) is 7.11. The van der Waals surface area contributed by atoms with Crippen LogP contribution in [0.1, 0.15) is 64.2 Å². The summed E-state index contributed by atoms with van der Waals surface area (Å²) in [6.07, 6.45) is 14.9. The summed E-state index contributed by atoms with van der Waals surface area (Å²) in [7, 11) is 5.11. The molecular weight excluding hydrogens is 244 g/mol. The smallest absolute Gasteiger partial charge is 0.0892 e. The quantitative estimate of drug-likeness (QED) is 0.679. The molecule has 0 bridgehead atoms. The zero-order chi connectivity index (χ0) is 14.1. The van der Waals surface area contributed by atoms with E-state index in [1.807, 2.05) is 0 Å². The molecule has 0 aromatic heterocycles. The van der Waals surface area contributed by atoms with Crippen LogP contribution >= 0.6 is 0 Å². The Bertz CT molecular complexity index is 273. The Labute approximate surface area is 126 Å². The Morgan fingerprint density at radius 3 is 1.10 bits per heavy atom.